The van der Waals surface area contributed by atoms with Crippen LogP contribution in [0, 0.1) is 0 Å². The molecule has 28 heavy (non-hydrogen) atoms. The van der Waals surface area contributed by atoms with Gasteiger partial charge in [0.15, 0.2) is 9.84 Å². The van der Waals surface area contributed by atoms with Crippen molar-refractivity contribution in [3.05, 3.63) is 57.6 Å². The van der Waals surface area contributed by atoms with Gasteiger partial charge in [0.2, 0.25) is 0 Å². The minimum atomic E-state index is -3.24. The number of hydrogen-bond acceptors (Lipinski definition) is 4. The monoisotopic (exact) mass is 439 g/mol. The van der Waals surface area contributed by atoms with E-state index in [1.54, 1.807) is 30.3 Å². The van der Waals surface area contributed by atoms with Gasteiger partial charge in [-0.15, -0.1) is 0 Å². The van der Waals surface area contributed by atoms with E-state index < -0.39 is 15.4 Å². The summed E-state index contributed by atoms with van der Waals surface area (Å²) in [6.07, 6.45) is 5.94. The summed E-state index contributed by atoms with van der Waals surface area (Å²) in [5.41, 5.74) is 1.61. The molecule has 2 unspecified atom stereocenters. The first-order valence-corrected chi connectivity index (χ1v) is 12.1. The second-order valence-electron chi connectivity index (χ2n) is 7.75. The summed E-state index contributed by atoms with van der Waals surface area (Å²) in [4.78, 5) is 0.282. The normalized spacial score (nSPS) is 24.3. The zero-order valence-corrected chi connectivity index (χ0v) is 18.0. The Labute approximate surface area is 176 Å². The molecule has 1 aliphatic heterocycles. The Balaban J connectivity index is 1.72. The van der Waals surface area contributed by atoms with E-state index in [1.807, 2.05) is 6.07 Å². The van der Waals surface area contributed by atoms with Crippen LogP contribution >= 0.6 is 23.2 Å². The summed E-state index contributed by atoms with van der Waals surface area (Å²) in [5.74, 6) is 0.648. The van der Waals surface area contributed by atoms with Crippen LogP contribution in [0.25, 0.3) is 0 Å². The Morgan fingerprint density at radius 1 is 1.21 bits per heavy atom. The highest BCUT2D eigenvalue weighted by atomic mass is 35.5. The number of nitrogens with one attached hydrogen (secondary N) is 1. The van der Waals surface area contributed by atoms with Crippen LogP contribution in [0.3, 0.4) is 0 Å². The van der Waals surface area contributed by atoms with Gasteiger partial charge in [-0.1, -0.05) is 23.2 Å². The van der Waals surface area contributed by atoms with Gasteiger partial charge in [-0.2, -0.15) is 0 Å². The van der Waals surface area contributed by atoms with Crippen LogP contribution in [0.15, 0.2) is 41.3 Å². The molecule has 0 aromatic heterocycles. The molecule has 0 spiro atoms. The number of benzene rings is 2. The van der Waals surface area contributed by atoms with Crippen molar-refractivity contribution < 1.29 is 13.2 Å². The number of fused-ring (bicyclic) bond motifs is 1. The van der Waals surface area contributed by atoms with Gasteiger partial charge in [-0.3, -0.25) is 0 Å². The number of hydrogen-bond donors (Lipinski definition) is 1. The number of halogens is 2. The van der Waals surface area contributed by atoms with Crippen molar-refractivity contribution in [2.24, 2.45) is 0 Å². The van der Waals surface area contributed by atoms with E-state index in [0.29, 0.717) is 21.8 Å². The summed E-state index contributed by atoms with van der Waals surface area (Å²) >= 11 is 12.8. The molecule has 7 heteroatoms. The fourth-order valence-corrected chi connectivity index (χ4v) is 5.61. The van der Waals surface area contributed by atoms with Crippen molar-refractivity contribution in [2.75, 3.05) is 12.8 Å². The van der Waals surface area contributed by atoms with E-state index >= 15 is 0 Å². The van der Waals surface area contributed by atoms with E-state index in [-0.39, 0.29) is 4.90 Å². The molecular weight excluding hydrogens is 417 g/mol. The fraction of sp³-hybridized carbons (Fsp3) is 0.429. The molecule has 150 valence electrons. The standard InChI is InChI=1S/C21H23Cl2NO3S/c1-28(25,26)17-6-4-16(5-7-17)27-21(13-15-3-2-10-24-15)9-8-18-19(21)11-14(22)12-20(18)23/h4-7,11-12,15,24H,2-3,8-10,13H2,1H3. The molecule has 1 heterocycles. The molecule has 0 radical (unpaired) electrons. The molecule has 4 rings (SSSR count). The first kappa shape index (κ1) is 20.0. The SMILES string of the molecule is CS(=O)(=O)c1ccc(OC2(CC3CCCN3)CCc3c(Cl)cc(Cl)cc32)cc1. The molecule has 0 saturated carbocycles. The Morgan fingerprint density at radius 3 is 2.61 bits per heavy atom. The summed E-state index contributed by atoms with van der Waals surface area (Å²) in [6.45, 7) is 1.02. The van der Waals surface area contributed by atoms with E-state index in [9.17, 15) is 8.42 Å². The maximum absolute atomic E-state index is 11.7. The average molecular weight is 440 g/mol. The largest absolute Gasteiger partial charge is 0.482 e. The lowest BCUT2D eigenvalue weighted by molar-refractivity contribution is 0.0487. The van der Waals surface area contributed by atoms with E-state index in [4.69, 9.17) is 27.9 Å². The van der Waals surface area contributed by atoms with Crippen LogP contribution in [0.4, 0.5) is 0 Å². The molecule has 1 fully saturated rings. The molecule has 1 aliphatic carbocycles. The second kappa shape index (κ2) is 7.52. The summed E-state index contributed by atoms with van der Waals surface area (Å²) < 4.78 is 30.1. The van der Waals surface area contributed by atoms with Gasteiger partial charge in [0, 0.05) is 34.3 Å². The minimum Gasteiger partial charge on any atom is -0.482 e. The Bertz CT molecular complexity index is 985. The summed E-state index contributed by atoms with van der Waals surface area (Å²) in [5, 5.41) is 4.84. The van der Waals surface area contributed by atoms with Crippen molar-refractivity contribution in [1.82, 2.24) is 5.32 Å². The highest BCUT2D eigenvalue weighted by molar-refractivity contribution is 7.90. The third-order valence-corrected chi connectivity index (χ3v) is 7.42. The van der Waals surface area contributed by atoms with Crippen LogP contribution in [0.1, 0.15) is 36.8 Å². The molecule has 4 nitrogen and oxygen atoms in total. The molecule has 0 amide bonds. The maximum atomic E-state index is 11.7. The average Bonchev–Trinajstić information content (AvgIpc) is 3.24. The first-order valence-electron chi connectivity index (χ1n) is 9.48. The smallest absolute Gasteiger partial charge is 0.175 e. The van der Waals surface area contributed by atoms with Gasteiger partial charge < -0.3 is 10.1 Å². The van der Waals surface area contributed by atoms with Gasteiger partial charge in [0.1, 0.15) is 11.4 Å². The van der Waals surface area contributed by atoms with Crippen molar-refractivity contribution in [3.8, 4) is 5.75 Å². The van der Waals surface area contributed by atoms with E-state index in [2.05, 4.69) is 5.32 Å². The van der Waals surface area contributed by atoms with Crippen molar-refractivity contribution in [3.63, 3.8) is 0 Å². The van der Waals surface area contributed by atoms with Crippen LogP contribution in [-0.4, -0.2) is 27.3 Å². The van der Waals surface area contributed by atoms with Gasteiger partial charge in [0.25, 0.3) is 0 Å². The zero-order chi connectivity index (χ0) is 19.9. The molecule has 2 aromatic carbocycles. The molecule has 2 aliphatic rings. The van der Waals surface area contributed by atoms with Crippen LogP contribution in [0.5, 0.6) is 5.75 Å². The van der Waals surface area contributed by atoms with Gasteiger partial charge in [-0.05, 0) is 74.2 Å². The molecule has 0 bridgehead atoms. The lowest BCUT2D eigenvalue weighted by Crippen LogP contribution is -2.38. The number of rotatable bonds is 5. The highest BCUT2D eigenvalue weighted by Crippen LogP contribution is 2.47. The molecule has 2 atom stereocenters. The van der Waals surface area contributed by atoms with Crippen molar-refractivity contribution in [2.45, 2.75) is 48.6 Å². The van der Waals surface area contributed by atoms with Crippen molar-refractivity contribution in [1.29, 1.82) is 0 Å². The molecule has 1 N–H and O–H groups in total. The third-order valence-electron chi connectivity index (χ3n) is 5.73. The topological polar surface area (TPSA) is 55.4 Å². The van der Waals surface area contributed by atoms with Crippen molar-refractivity contribution >= 4 is 33.0 Å². The van der Waals surface area contributed by atoms with E-state index in [0.717, 1.165) is 49.8 Å². The fourth-order valence-electron chi connectivity index (χ4n) is 4.39. The van der Waals surface area contributed by atoms with Gasteiger partial charge in [0.05, 0.1) is 4.90 Å². The van der Waals surface area contributed by atoms with Gasteiger partial charge >= 0.3 is 0 Å². The lowest BCUT2D eigenvalue weighted by Gasteiger charge is -2.34. The zero-order valence-electron chi connectivity index (χ0n) is 15.7. The third kappa shape index (κ3) is 3.90. The lowest BCUT2D eigenvalue weighted by atomic mass is 9.87. The second-order valence-corrected chi connectivity index (χ2v) is 10.6. The predicted molar refractivity (Wildman–Crippen MR) is 112 cm³/mol. The minimum absolute atomic E-state index is 0.282. The Hall–Kier alpha value is -1.27. The maximum Gasteiger partial charge on any atom is 0.175 e. The quantitative estimate of drug-likeness (QED) is 0.729. The Morgan fingerprint density at radius 2 is 1.96 bits per heavy atom. The van der Waals surface area contributed by atoms with Crippen LogP contribution < -0.4 is 10.1 Å². The molecule has 1 saturated heterocycles. The summed E-state index contributed by atoms with van der Waals surface area (Å²) in [6, 6.07) is 10.8. The highest BCUT2D eigenvalue weighted by Gasteiger charge is 2.44. The summed E-state index contributed by atoms with van der Waals surface area (Å²) in [7, 11) is -3.24. The predicted octanol–water partition coefficient (Wildman–Crippen LogP) is 4.76. The van der Waals surface area contributed by atoms with Gasteiger partial charge in [-0.25, -0.2) is 8.42 Å². The first-order chi connectivity index (χ1) is 13.3. The number of ether oxygens (including phenoxy) is 1. The van der Waals surface area contributed by atoms with E-state index in [1.165, 1.54) is 6.26 Å². The Kier molecular flexibility index (Phi) is 5.38. The molecule has 2 aromatic rings. The molecular formula is C21H23Cl2NO3S. The van der Waals surface area contributed by atoms with Crippen LogP contribution in [-0.2, 0) is 21.9 Å². The number of sulfone groups is 1. The van der Waals surface area contributed by atoms with Crippen LogP contribution in [0.2, 0.25) is 10.0 Å².